The van der Waals surface area contributed by atoms with Crippen molar-refractivity contribution in [2.45, 2.75) is 32.4 Å². The van der Waals surface area contributed by atoms with Crippen LogP contribution in [0.25, 0.3) is 0 Å². The molecule has 0 bridgehead atoms. The van der Waals surface area contributed by atoms with Crippen LogP contribution < -0.4 is 10.6 Å². The maximum atomic E-state index is 12.8. The van der Waals surface area contributed by atoms with Crippen molar-refractivity contribution in [3.05, 3.63) is 64.7 Å². The van der Waals surface area contributed by atoms with Crippen molar-refractivity contribution in [2.75, 3.05) is 5.32 Å². The molecule has 2 N–H and O–H groups in total. The van der Waals surface area contributed by atoms with Crippen LogP contribution in [0.5, 0.6) is 0 Å². The average Bonchev–Trinajstić information content (AvgIpc) is 2.98. The van der Waals surface area contributed by atoms with E-state index in [1.165, 1.54) is 4.90 Å². The van der Waals surface area contributed by atoms with Gasteiger partial charge in [0.25, 0.3) is 11.8 Å². The summed E-state index contributed by atoms with van der Waals surface area (Å²) in [5.41, 5.74) is 3.22. The molecule has 2 aliphatic rings. The molecule has 2 aliphatic heterocycles. The third-order valence-corrected chi connectivity index (χ3v) is 5.15. The normalized spacial score (nSPS) is 18.7. The number of hydrogen-bond donors (Lipinski definition) is 2. The molecule has 142 valence electrons. The lowest BCUT2D eigenvalue weighted by Gasteiger charge is -2.29. The van der Waals surface area contributed by atoms with E-state index < -0.39 is 11.9 Å². The molecule has 1 atom stereocenters. The van der Waals surface area contributed by atoms with Gasteiger partial charge in [-0.3, -0.25) is 24.5 Å². The molecule has 0 aliphatic carbocycles. The molecule has 0 spiro atoms. The summed E-state index contributed by atoms with van der Waals surface area (Å²) < 4.78 is 0. The predicted octanol–water partition coefficient (Wildman–Crippen LogP) is 2.01. The zero-order valence-corrected chi connectivity index (χ0v) is 15.3. The van der Waals surface area contributed by atoms with Crippen LogP contribution in [-0.4, -0.2) is 34.6 Å². The smallest absolute Gasteiger partial charge is 0.255 e. The van der Waals surface area contributed by atoms with Crippen molar-refractivity contribution in [1.29, 1.82) is 0 Å². The molecule has 7 nitrogen and oxygen atoms in total. The zero-order valence-electron chi connectivity index (χ0n) is 15.3. The van der Waals surface area contributed by atoms with E-state index >= 15 is 0 Å². The summed E-state index contributed by atoms with van der Waals surface area (Å²) in [5, 5.41) is 5.18. The van der Waals surface area contributed by atoms with Crippen molar-refractivity contribution < 1.29 is 19.2 Å². The second-order valence-electron chi connectivity index (χ2n) is 7.04. The van der Waals surface area contributed by atoms with E-state index in [9.17, 15) is 19.2 Å². The van der Waals surface area contributed by atoms with Gasteiger partial charge in [0.15, 0.2) is 0 Å². The summed E-state index contributed by atoms with van der Waals surface area (Å²) in [7, 11) is 0. The van der Waals surface area contributed by atoms with E-state index in [0.717, 1.165) is 11.1 Å². The van der Waals surface area contributed by atoms with Gasteiger partial charge in [-0.1, -0.05) is 18.2 Å². The fraction of sp³-hybridized carbons (Fsp3) is 0.238. The molecule has 2 aromatic carbocycles. The van der Waals surface area contributed by atoms with Crippen molar-refractivity contribution in [1.82, 2.24) is 10.2 Å². The van der Waals surface area contributed by atoms with E-state index in [2.05, 4.69) is 10.6 Å². The van der Waals surface area contributed by atoms with Gasteiger partial charge in [0.2, 0.25) is 11.8 Å². The Bertz CT molecular complexity index is 1000. The Labute approximate surface area is 161 Å². The first kappa shape index (κ1) is 17.9. The average molecular weight is 377 g/mol. The Morgan fingerprint density at radius 2 is 1.89 bits per heavy atom. The van der Waals surface area contributed by atoms with Crippen LogP contribution in [0.4, 0.5) is 5.69 Å². The summed E-state index contributed by atoms with van der Waals surface area (Å²) in [6, 6.07) is 11.8. The number of fused-ring (bicyclic) bond motifs is 1. The van der Waals surface area contributed by atoms with E-state index in [1.807, 2.05) is 13.0 Å². The molecule has 1 fully saturated rings. The van der Waals surface area contributed by atoms with E-state index in [1.54, 1.807) is 36.4 Å². The number of hydrogen-bond acceptors (Lipinski definition) is 4. The molecule has 7 heteroatoms. The molecule has 0 radical (unpaired) electrons. The highest BCUT2D eigenvalue weighted by molar-refractivity contribution is 6.07. The maximum Gasteiger partial charge on any atom is 0.255 e. The van der Waals surface area contributed by atoms with Crippen LogP contribution in [0.15, 0.2) is 42.5 Å². The van der Waals surface area contributed by atoms with Gasteiger partial charge in [0.1, 0.15) is 6.04 Å². The van der Waals surface area contributed by atoms with E-state index in [0.29, 0.717) is 23.2 Å². The number of nitrogens with one attached hydrogen (secondary N) is 2. The van der Waals surface area contributed by atoms with Crippen LogP contribution in [-0.2, 0) is 16.1 Å². The SMILES string of the molecule is Cc1cc2c(cc1NC(=O)c1ccccc1)CN(C1CCC(=O)NC1=O)C2=O. The predicted molar refractivity (Wildman–Crippen MR) is 102 cm³/mol. The van der Waals surface area contributed by atoms with Gasteiger partial charge in [-0.15, -0.1) is 0 Å². The topological polar surface area (TPSA) is 95.6 Å². The highest BCUT2D eigenvalue weighted by atomic mass is 16.2. The number of amides is 4. The van der Waals surface area contributed by atoms with Gasteiger partial charge in [-0.25, -0.2) is 0 Å². The van der Waals surface area contributed by atoms with E-state index in [-0.39, 0.29) is 30.7 Å². The number of carbonyl (C=O) groups is 4. The first-order valence-corrected chi connectivity index (χ1v) is 9.08. The minimum atomic E-state index is -0.653. The molecule has 2 aromatic rings. The van der Waals surface area contributed by atoms with Crippen molar-refractivity contribution >= 4 is 29.3 Å². The minimum Gasteiger partial charge on any atom is -0.322 e. The lowest BCUT2D eigenvalue weighted by molar-refractivity contribution is -0.136. The zero-order chi connectivity index (χ0) is 19.8. The highest BCUT2D eigenvalue weighted by Crippen LogP contribution is 2.31. The van der Waals surface area contributed by atoms with Crippen LogP contribution in [0, 0.1) is 6.92 Å². The van der Waals surface area contributed by atoms with Gasteiger partial charge in [0, 0.05) is 29.8 Å². The van der Waals surface area contributed by atoms with Gasteiger partial charge in [0.05, 0.1) is 0 Å². The van der Waals surface area contributed by atoms with Gasteiger partial charge in [-0.2, -0.15) is 0 Å². The third kappa shape index (κ3) is 3.15. The number of imide groups is 1. The van der Waals surface area contributed by atoms with Gasteiger partial charge in [-0.05, 0) is 48.7 Å². The maximum absolute atomic E-state index is 12.8. The largest absolute Gasteiger partial charge is 0.322 e. The summed E-state index contributed by atoms with van der Waals surface area (Å²) in [5.74, 6) is -1.21. The number of rotatable bonds is 3. The number of aryl methyl sites for hydroxylation is 1. The molecule has 2 heterocycles. The van der Waals surface area contributed by atoms with Crippen molar-refractivity contribution in [3.63, 3.8) is 0 Å². The quantitative estimate of drug-likeness (QED) is 0.800. The number of anilines is 1. The molecular weight excluding hydrogens is 358 g/mol. The Kier molecular flexibility index (Phi) is 4.43. The monoisotopic (exact) mass is 377 g/mol. The molecular formula is C21H19N3O4. The Morgan fingerprint density at radius 1 is 1.14 bits per heavy atom. The molecule has 28 heavy (non-hydrogen) atoms. The molecule has 1 saturated heterocycles. The second-order valence-corrected chi connectivity index (χ2v) is 7.04. The molecule has 4 rings (SSSR count). The molecule has 0 saturated carbocycles. The Morgan fingerprint density at radius 3 is 2.61 bits per heavy atom. The van der Waals surface area contributed by atoms with Crippen LogP contribution in [0.3, 0.4) is 0 Å². The van der Waals surface area contributed by atoms with Crippen LogP contribution in [0.2, 0.25) is 0 Å². The molecule has 0 aromatic heterocycles. The summed E-state index contributed by atoms with van der Waals surface area (Å²) in [6.45, 7) is 2.09. The fourth-order valence-corrected chi connectivity index (χ4v) is 3.64. The second kappa shape index (κ2) is 6.92. The molecule has 4 amide bonds. The Balaban J connectivity index is 1.57. The first-order chi connectivity index (χ1) is 13.4. The fourth-order valence-electron chi connectivity index (χ4n) is 3.64. The van der Waals surface area contributed by atoms with Crippen molar-refractivity contribution in [3.8, 4) is 0 Å². The number of benzene rings is 2. The standard InChI is InChI=1S/C21H19N3O4/c1-12-9-15-14(10-16(12)22-19(26)13-5-3-2-4-6-13)11-24(21(15)28)17-7-8-18(25)23-20(17)27/h2-6,9-10,17H,7-8,11H2,1H3,(H,22,26)(H,23,25,27). The summed E-state index contributed by atoms with van der Waals surface area (Å²) in [6.07, 6.45) is 0.537. The van der Waals surface area contributed by atoms with E-state index in [4.69, 9.17) is 0 Å². The van der Waals surface area contributed by atoms with Gasteiger partial charge < -0.3 is 10.2 Å². The minimum absolute atomic E-state index is 0.216. The number of piperidine rings is 1. The molecule has 1 unspecified atom stereocenters. The lowest BCUT2D eigenvalue weighted by atomic mass is 10.0. The Hall–Kier alpha value is -3.48. The van der Waals surface area contributed by atoms with Crippen molar-refractivity contribution in [2.24, 2.45) is 0 Å². The third-order valence-electron chi connectivity index (χ3n) is 5.15. The van der Waals surface area contributed by atoms with Crippen LogP contribution in [0.1, 0.15) is 44.7 Å². The first-order valence-electron chi connectivity index (χ1n) is 9.08. The number of nitrogens with zero attached hydrogens (tertiary/aromatic N) is 1. The van der Waals surface area contributed by atoms with Crippen LogP contribution >= 0.6 is 0 Å². The highest BCUT2D eigenvalue weighted by Gasteiger charge is 2.39. The summed E-state index contributed by atoms with van der Waals surface area (Å²) in [4.78, 5) is 50.3. The van der Waals surface area contributed by atoms with Gasteiger partial charge >= 0.3 is 0 Å². The lowest BCUT2D eigenvalue weighted by Crippen LogP contribution is -2.52. The summed E-state index contributed by atoms with van der Waals surface area (Å²) >= 11 is 0. The number of carbonyl (C=O) groups excluding carboxylic acids is 4.